The van der Waals surface area contributed by atoms with E-state index in [1.54, 1.807) is 6.07 Å². The Balaban J connectivity index is 1.29. The van der Waals surface area contributed by atoms with E-state index in [2.05, 4.69) is 15.4 Å². The van der Waals surface area contributed by atoms with E-state index in [1.165, 1.54) is 30.3 Å². The number of non-ortho nitro benzene ring substituents is 1. The molecule has 4 N–H and O–H groups in total. The van der Waals surface area contributed by atoms with Crippen LogP contribution in [0.15, 0.2) is 64.9 Å². The number of carbonyl (C=O) groups is 1. The number of amides is 2. The van der Waals surface area contributed by atoms with Gasteiger partial charge in [-0.1, -0.05) is 12.1 Å². The zero-order chi connectivity index (χ0) is 27.1. The molecule has 202 valence electrons. The van der Waals surface area contributed by atoms with E-state index in [-0.39, 0.29) is 35.2 Å². The number of sulfonamides is 1. The minimum Gasteiger partial charge on any atom is -0.490 e. The van der Waals surface area contributed by atoms with Crippen molar-refractivity contribution in [2.24, 2.45) is 0 Å². The number of aliphatic hydroxyl groups is 1. The quantitative estimate of drug-likeness (QED) is 0.165. The first-order valence-corrected chi connectivity index (χ1v) is 14.3. The predicted molar refractivity (Wildman–Crippen MR) is 144 cm³/mol. The summed E-state index contributed by atoms with van der Waals surface area (Å²) in [5.41, 5.74) is 1.07. The zero-order valence-corrected chi connectivity index (χ0v) is 22.0. The van der Waals surface area contributed by atoms with E-state index >= 15 is 0 Å². The van der Waals surface area contributed by atoms with Crippen molar-refractivity contribution >= 4 is 38.8 Å². The first kappa shape index (κ1) is 27.5. The van der Waals surface area contributed by atoms with Gasteiger partial charge in [0.05, 0.1) is 17.1 Å². The summed E-state index contributed by atoms with van der Waals surface area (Å²) in [6.07, 6.45) is 2.67. The lowest BCUT2D eigenvalue weighted by molar-refractivity contribution is -0.384. The number of ether oxygens (including phenoxy) is 1. The number of para-hydroxylation sites is 1. The molecular weight excluding hydrogens is 532 g/mol. The Kier molecular flexibility index (Phi) is 8.94. The second-order valence-corrected chi connectivity index (χ2v) is 11.8. The zero-order valence-electron chi connectivity index (χ0n) is 20.3. The highest BCUT2D eigenvalue weighted by Crippen LogP contribution is 2.37. The fourth-order valence-corrected chi connectivity index (χ4v) is 6.41. The molecule has 1 saturated carbocycles. The molecule has 3 aromatic rings. The number of urea groups is 1. The van der Waals surface area contributed by atoms with Gasteiger partial charge in [-0.3, -0.25) is 10.1 Å². The molecule has 0 saturated heterocycles. The SMILES string of the molecule is O=C(NCCNS(=O)(=O)c1ccc(-c2ccccc2O[C@H]2CC[C@H](O)CC2)s1)Nc1ccc([N+](=O)[O-])cc1. The number of nitrogens with one attached hydrogen (secondary N) is 3. The molecule has 0 bridgehead atoms. The maximum absolute atomic E-state index is 12.8. The number of anilines is 1. The second-order valence-electron chi connectivity index (χ2n) is 8.75. The van der Waals surface area contributed by atoms with Crippen molar-refractivity contribution in [3.05, 3.63) is 70.8 Å². The van der Waals surface area contributed by atoms with Crippen molar-refractivity contribution in [1.82, 2.24) is 10.0 Å². The summed E-state index contributed by atoms with van der Waals surface area (Å²) in [6.45, 7) is -0.000483. The topological polar surface area (TPSA) is 160 Å². The van der Waals surface area contributed by atoms with Crippen LogP contribution in [0.3, 0.4) is 0 Å². The van der Waals surface area contributed by atoms with Gasteiger partial charge in [-0.05, 0) is 62.1 Å². The standard InChI is InChI=1S/C25H28N4O7S2/c30-19-9-11-20(12-10-19)36-22-4-2-1-3-21(22)23-13-14-24(37-23)38(34,35)27-16-15-26-25(31)28-17-5-7-18(8-6-17)29(32)33/h1-8,13-14,19-20,27,30H,9-12,15-16H2,(H2,26,28,31)/t19-,20-. The first-order valence-electron chi connectivity index (χ1n) is 12.0. The number of rotatable bonds is 10. The molecule has 4 rings (SSSR count). The average Bonchev–Trinajstić information content (AvgIpc) is 3.40. The van der Waals surface area contributed by atoms with Crippen LogP contribution in [0.2, 0.25) is 0 Å². The fourth-order valence-electron chi connectivity index (χ4n) is 4.00. The highest BCUT2D eigenvalue weighted by Gasteiger charge is 2.23. The first-order chi connectivity index (χ1) is 18.2. The molecule has 1 aromatic heterocycles. The Bertz CT molecular complexity index is 1370. The van der Waals surface area contributed by atoms with Crippen LogP contribution < -0.4 is 20.1 Å². The van der Waals surface area contributed by atoms with Gasteiger partial charge in [-0.2, -0.15) is 0 Å². The number of hydrogen-bond acceptors (Lipinski definition) is 8. The number of thiophene rings is 1. The van der Waals surface area contributed by atoms with Gasteiger partial charge in [0.25, 0.3) is 5.69 Å². The number of nitro benzene ring substituents is 1. The normalized spacial score (nSPS) is 17.5. The summed E-state index contributed by atoms with van der Waals surface area (Å²) in [6, 6.07) is 15.5. The Morgan fingerprint density at radius 2 is 1.74 bits per heavy atom. The third kappa shape index (κ3) is 7.28. The Morgan fingerprint density at radius 3 is 2.45 bits per heavy atom. The molecule has 11 nitrogen and oxygen atoms in total. The molecule has 1 heterocycles. The lowest BCUT2D eigenvalue weighted by Gasteiger charge is -2.27. The maximum Gasteiger partial charge on any atom is 0.319 e. The van der Waals surface area contributed by atoms with Crippen LogP contribution in [-0.4, -0.2) is 49.8 Å². The maximum atomic E-state index is 12.8. The summed E-state index contributed by atoms with van der Waals surface area (Å²) in [5.74, 6) is 0.677. The summed E-state index contributed by atoms with van der Waals surface area (Å²) in [4.78, 5) is 22.9. The minimum absolute atomic E-state index is 0.00879. The second kappa shape index (κ2) is 12.3. The predicted octanol–water partition coefficient (Wildman–Crippen LogP) is 4.11. The molecule has 38 heavy (non-hydrogen) atoms. The van der Waals surface area contributed by atoms with E-state index in [1.807, 2.05) is 24.3 Å². The summed E-state index contributed by atoms with van der Waals surface area (Å²) in [5, 5.41) is 25.5. The van der Waals surface area contributed by atoms with E-state index in [0.29, 0.717) is 24.3 Å². The highest BCUT2D eigenvalue weighted by molar-refractivity contribution is 7.91. The van der Waals surface area contributed by atoms with Crippen molar-refractivity contribution in [3.63, 3.8) is 0 Å². The monoisotopic (exact) mass is 560 g/mol. The van der Waals surface area contributed by atoms with E-state index in [0.717, 1.165) is 34.6 Å². The number of carbonyl (C=O) groups excluding carboxylic acids is 1. The van der Waals surface area contributed by atoms with Crippen molar-refractivity contribution in [3.8, 4) is 16.2 Å². The fraction of sp³-hybridized carbons (Fsp3) is 0.320. The van der Waals surface area contributed by atoms with E-state index < -0.39 is 21.0 Å². The molecule has 0 aliphatic heterocycles. The Labute approximate surface area is 224 Å². The van der Waals surface area contributed by atoms with Crippen LogP contribution in [0.5, 0.6) is 5.75 Å². The lowest BCUT2D eigenvalue weighted by atomic mass is 9.95. The number of nitro groups is 1. The summed E-state index contributed by atoms with van der Waals surface area (Å²) < 4.78 is 34.4. The molecule has 1 aliphatic rings. The van der Waals surface area contributed by atoms with Gasteiger partial charge < -0.3 is 20.5 Å². The summed E-state index contributed by atoms with van der Waals surface area (Å²) in [7, 11) is -3.80. The van der Waals surface area contributed by atoms with Crippen LogP contribution in [-0.2, 0) is 10.0 Å². The molecule has 0 unspecified atom stereocenters. The van der Waals surface area contributed by atoms with Gasteiger partial charge in [-0.15, -0.1) is 11.3 Å². The van der Waals surface area contributed by atoms with Crippen molar-refractivity contribution in [2.75, 3.05) is 18.4 Å². The molecule has 2 amide bonds. The number of benzene rings is 2. The molecular formula is C25H28N4O7S2. The van der Waals surface area contributed by atoms with Crippen LogP contribution in [0.4, 0.5) is 16.2 Å². The van der Waals surface area contributed by atoms with Gasteiger partial charge in [-0.25, -0.2) is 17.9 Å². The third-order valence-electron chi connectivity index (χ3n) is 5.97. The minimum atomic E-state index is -3.80. The molecule has 0 radical (unpaired) electrons. The molecule has 0 atom stereocenters. The van der Waals surface area contributed by atoms with Crippen LogP contribution in [0.25, 0.3) is 10.4 Å². The van der Waals surface area contributed by atoms with Crippen LogP contribution in [0, 0.1) is 10.1 Å². The number of hydrogen-bond donors (Lipinski definition) is 4. The van der Waals surface area contributed by atoms with Crippen molar-refractivity contribution in [2.45, 2.75) is 42.1 Å². The summed E-state index contributed by atoms with van der Waals surface area (Å²) >= 11 is 1.12. The molecule has 1 aliphatic carbocycles. The van der Waals surface area contributed by atoms with Gasteiger partial charge in [0.2, 0.25) is 10.0 Å². The van der Waals surface area contributed by atoms with E-state index in [4.69, 9.17) is 4.74 Å². The molecule has 2 aromatic carbocycles. The largest absolute Gasteiger partial charge is 0.490 e. The van der Waals surface area contributed by atoms with Gasteiger partial charge in [0, 0.05) is 41.4 Å². The van der Waals surface area contributed by atoms with Crippen molar-refractivity contribution < 1.29 is 28.0 Å². The molecule has 13 heteroatoms. The van der Waals surface area contributed by atoms with Crippen molar-refractivity contribution in [1.29, 1.82) is 0 Å². The van der Waals surface area contributed by atoms with Gasteiger partial charge >= 0.3 is 6.03 Å². The Morgan fingerprint density at radius 1 is 1.03 bits per heavy atom. The smallest absolute Gasteiger partial charge is 0.319 e. The van der Waals surface area contributed by atoms with Gasteiger partial charge in [0.15, 0.2) is 0 Å². The molecule has 1 fully saturated rings. The van der Waals surface area contributed by atoms with Gasteiger partial charge in [0.1, 0.15) is 9.96 Å². The third-order valence-corrected chi connectivity index (χ3v) is 9.05. The molecule has 0 spiro atoms. The van der Waals surface area contributed by atoms with E-state index in [9.17, 15) is 28.4 Å². The average molecular weight is 561 g/mol. The number of nitrogens with zero attached hydrogens (tertiary/aromatic N) is 1. The van der Waals surface area contributed by atoms with Crippen LogP contribution >= 0.6 is 11.3 Å². The lowest BCUT2D eigenvalue weighted by Crippen LogP contribution is -2.36. The number of aliphatic hydroxyl groups excluding tert-OH is 1. The Hall–Kier alpha value is -3.52. The van der Waals surface area contributed by atoms with Crippen LogP contribution in [0.1, 0.15) is 25.7 Å². The highest BCUT2D eigenvalue weighted by atomic mass is 32.2.